The van der Waals surface area contributed by atoms with Crippen LogP contribution in [0.5, 0.6) is 0 Å². The summed E-state index contributed by atoms with van der Waals surface area (Å²) in [5.74, 6) is -1.43. The molecule has 3 nitrogen and oxygen atoms in total. The van der Waals surface area contributed by atoms with Gasteiger partial charge in [0.2, 0.25) is 5.91 Å². The van der Waals surface area contributed by atoms with Crippen LogP contribution in [0.3, 0.4) is 0 Å². The third-order valence-corrected chi connectivity index (χ3v) is 2.70. The molecule has 1 aromatic rings. The number of nitrogens with zero attached hydrogens (tertiary/aromatic N) is 1. The van der Waals surface area contributed by atoms with Gasteiger partial charge in [0.1, 0.15) is 11.6 Å². The van der Waals surface area contributed by atoms with Crippen LogP contribution in [0.1, 0.15) is 6.42 Å². The van der Waals surface area contributed by atoms with E-state index in [1.165, 1.54) is 4.90 Å². The van der Waals surface area contributed by atoms with Gasteiger partial charge in [0, 0.05) is 24.7 Å². The number of carbonyl (C=O) groups is 1. The van der Waals surface area contributed by atoms with Crippen molar-refractivity contribution < 1.29 is 13.6 Å². The smallest absolute Gasteiger partial charge is 0.227 e. The van der Waals surface area contributed by atoms with E-state index in [2.05, 4.69) is 0 Å². The molecule has 1 aliphatic heterocycles. The number of benzene rings is 1. The van der Waals surface area contributed by atoms with Crippen LogP contribution >= 0.6 is 0 Å². The van der Waals surface area contributed by atoms with Crippen molar-refractivity contribution in [1.29, 1.82) is 0 Å². The Morgan fingerprint density at radius 1 is 1.31 bits per heavy atom. The second kappa shape index (κ2) is 4.17. The Balaban J connectivity index is 2.27. The first kappa shape index (κ1) is 11.0. The van der Waals surface area contributed by atoms with Gasteiger partial charge in [0.05, 0.1) is 0 Å². The van der Waals surface area contributed by atoms with Crippen molar-refractivity contribution >= 4 is 11.6 Å². The number of hydrogen-bond donors (Lipinski definition) is 1. The highest BCUT2D eigenvalue weighted by atomic mass is 19.1. The second-order valence-corrected chi connectivity index (χ2v) is 3.94. The first-order chi connectivity index (χ1) is 7.60. The highest BCUT2D eigenvalue weighted by Crippen LogP contribution is 2.25. The maximum absolute atomic E-state index is 13.0. The highest BCUT2D eigenvalue weighted by molar-refractivity contribution is 5.95. The number of carbonyl (C=O) groups excluding carboxylic acids is 1. The predicted octanol–water partition coefficient (Wildman–Crippen LogP) is 1.28. The third-order valence-electron chi connectivity index (χ3n) is 2.70. The minimum atomic E-state index is -0.681. The van der Waals surface area contributed by atoms with Gasteiger partial charge in [0.15, 0.2) is 0 Å². The fourth-order valence-corrected chi connectivity index (χ4v) is 1.88. The molecule has 0 saturated carbocycles. The summed E-state index contributed by atoms with van der Waals surface area (Å²) >= 11 is 0. The molecule has 1 fully saturated rings. The Labute approximate surface area is 91.8 Å². The summed E-state index contributed by atoms with van der Waals surface area (Å²) in [5.41, 5.74) is 5.73. The Hall–Kier alpha value is -1.49. The van der Waals surface area contributed by atoms with Crippen LogP contribution < -0.4 is 10.6 Å². The number of nitrogens with two attached hydrogens (primary N) is 1. The van der Waals surface area contributed by atoms with Gasteiger partial charge in [-0.3, -0.25) is 4.79 Å². The van der Waals surface area contributed by atoms with Crippen LogP contribution in [0.4, 0.5) is 14.5 Å². The molecule has 0 bridgehead atoms. The average Bonchev–Trinajstić information content (AvgIpc) is 2.58. The lowest BCUT2D eigenvalue weighted by Gasteiger charge is -2.16. The van der Waals surface area contributed by atoms with E-state index >= 15 is 0 Å². The molecule has 0 radical (unpaired) electrons. The van der Waals surface area contributed by atoms with Crippen molar-refractivity contribution in [1.82, 2.24) is 0 Å². The van der Waals surface area contributed by atoms with Crippen LogP contribution in [-0.2, 0) is 4.79 Å². The third kappa shape index (κ3) is 2.04. The van der Waals surface area contributed by atoms with Gasteiger partial charge in [-0.2, -0.15) is 0 Å². The molecule has 1 aliphatic rings. The maximum Gasteiger partial charge on any atom is 0.227 e. The monoisotopic (exact) mass is 226 g/mol. The summed E-state index contributed by atoms with van der Waals surface area (Å²) in [7, 11) is 0. The van der Waals surface area contributed by atoms with E-state index in [4.69, 9.17) is 5.73 Å². The van der Waals surface area contributed by atoms with Gasteiger partial charge in [0.25, 0.3) is 0 Å². The number of amides is 1. The highest BCUT2D eigenvalue weighted by Gasteiger charge is 2.29. The molecule has 2 N–H and O–H groups in total. The Kier molecular flexibility index (Phi) is 2.87. The van der Waals surface area contributed by atoms with Gasteiger partial charge in [-0.25, -0.2) is 8.78 Å². The molecule has 1 heterocycles. The topological polar surface area (TPSA) is 46.3 Å². The summed E-state index contributed by atoms with van der Waals surface area (Å²) in [6.07, 6.45) is 0.342. The van der Waals surface area contributed by atoms with Gasteiger partial charge in [-0.1, -0.05) is 0 Å². The largest absolute Gasteiger partial charge is 0.330 e. The fraction of sp³-hybridized carbons (Fsp3) is 0.364. The summed E-state index contributed by atoms with van der Waals surface area (Å²) in [5, 5.41) is 0. The van der Waals surface area contributed by atoms with E-state index in [9.17, 15) is 13.6 Å². The second-order valence-electron chi connectivity index (χ2n) is 3.94. The lowest BCUT2D eigenvalue weighted by molar-refractivity contribution is -0.117. The summed E-state index contributed by atoms with van der Waals surface area (Å²) in [6.45, 7) is 0.832. The Morgan fingerprint density at radius 3 is 2.44 bits per heavy atom. The first-order valence-electron chi connectivity index (χ1n) is 5.06. The molecule has 1 amide bonds. The molecular formula is C11H12F2N2O. The Morgan fingerprint density at radius 2 is 1.94 bits per heavy atom. The van der Waals surface area contributed by atoms with E-state index in [1.807, 2.05) is 0 Å². The number of rotatable bonds is 2. The molecule has 0 spiro atoms. The lowest BCUT2D eigenvalue weighted by Crippen LogP contribution is -2.25. The van der Waals surface area contributed by atoms with E-state index in [0.717, 1.165) is 18.2 Å². The van der Waals surface area contributed by atoms with Crippen molar-refractivity contribution in [2.45, 2.75) is 6.42 Å². The van der Waals surface area contributed by atoms with E-state index < -0.39 is 11.6 Å². The zero-order chi connectivity index (χ0) is 11.7. The summed E-state index contributed by atoms with van der Waals surface area (Å²) < 4.78 is 26.0. The summed E-state index contributed by atoms with van der Waals surface area (Å²) in [4.78, 5) is 13.0. The zero-order valence-corrected chi connectivity index (χ0v) is 8.62. The molecule has 0 aromatic heterocycles. The van der Waals surface area contributed by atoms with E-state index in [0.29, 0.717) is 19.5 Å². The number of halogens is 2. The van der Waals surface area contributed by atoms with Gasteiger partial charge in [-0.05, 0) is 24.6 Å². The fourth-order valence-electron chi connectivity index (χ4n) is 1.88. The summed E-state index contributed by atoms with van der Waals surface area (Å²) in [6, 6.07) is 3.09. The Bertz CT molecular complexity index is 402. The van der Waals surface area contributed by atoms with Crippen molar-refractivity contribution in [3.05, 3.63) is 29.8 Å². The lowest BCUT2D eigenvalue weighted by atomic mass is 10.1. The van der Waals surface area contributed by atoms with Crippen LogP contribution in [0, 0.1) is 17.6 Å². The predicted molar refractivity (Wildman–Crippen MR) is 55.9 cm³/mol. The number of hydrogen-bond acceptors (Lipinski definition) is 2. The minimum Gasteiger partial charge on any atom is -0.330 e. The van der Waals surface area contributed by atoms with Crippen molar-refractivity contribution in [3.63, 3.8) is 0 Å². The molecule has 1 unspecified atom stereocenters. The molecule has 1 atom stereocenters. The zero-order valence-electron chi connectivity index (χ0n) is 8.62. The molecule has 2 rings (SSSR count). The molecule has 1 saturated heterocycles. The van der Waals surface area contributed by atoms with Crippen LogP contribution in [-0.4, -0.2) is 19.0 Å². The average molecular weight is 226 g/mol. The quantitative estimate of drug-likeness (QED) is 0.825. The molecule has 0 aliphatic carbocycles. The van der Waals surface area contributed by atoms with E-state index in [-0.39, 0.29) is 17.5 Å². The molecular weight excluding hydrogens is 214 g/mol. The van der Waals surface area contributed by atoms with Gasteiger partial charge >= 0.3 is 0 Å². The SMILES string of the molecule is NCC1CC(=O)N(c2cc(F)cc(F)c2)C1. The molecule has 16 heavy (non-hydrogen) atoms. The molecule has 5 heteroatoms. The standard InChI is InChI=1S/C11H12F2N2O/c12-8-2-9(13)4-10(3-8)15-6-7(5-14)1-11(15)16/h2-4,7H,1,5-6,14H2. The van der Waals surface area contributed by atoms with Crippen molar-refractivity contribution in [3.8, 4) is 0 Å². The normalized spacial score (nSPS) is 20.6. The van der Waals surface area contributed by atoms with Crippen LogP contribution in [0.2, 0.25) is 0 Å². The molecule has 86 valence electrons. The molecule has 1 aromatic carbocycles. The number of anilines is 1. The van der Waals surface area contributed by atoms with E-state index in [1.54, 1.807) is 0 Å². The van der Waals surface area contributed by atoms with Gasteiger partial charge < -0.3 is 10.6 Å². The first-order valence-corrected chi connectivity index (χ1v) is 5.06. The minimum absolute atomic E-state index is 0.0684. The van der Waals surface area contributed by atoms with Gasteiger partial charge in [-0.15, -0.1) is 0 Å². The van der Waals surface area contributed by atoms with Crippen LogP contribution in [0.25, 0.3) is 0 Å². The van der Waals surface area contributed by atoms with Crippen molar-refractivity contribution in [2.24, 2.45) is 11.7 Å². The maximum atomic E-state index is 13.0. The van der Waals surface area contributed by atoms with Crippen molar-refractivity contribution in [2.75, 3.05) is 18.0 Å². The van der Waals surface area contributed by atoms with Crippen LogP contribution in [0.15, 0.2) is 18.2 Å².